The molecule has 0 saturated heterocycles. The largest absolute Gasteiger partial charge is 0.375 e. The second-order valence-electron chi connectivity index (χ2n) is 19.1. The van der Waals surface area contributed by atoms with Crippen LogP contribution in [-0.2, 0) is 25.7 Å². The summed E-state index contributed by atoms with van der Waals surface area (Å²) in [5.74, 6) is 1.83. The van der Waals surface area contributed by atoms with Crippen molar-refractivity contribution in [3.63, 3.8) is 0 Å². The van der Waals surface area contributed by atoms with Crippen molar-refractivity contribution in [3.8, 4) is 0 Å². The van der Waals surface area contributed by atoms with Crippen molar-refractivity contribution in [2.24, 2.45) is 34.5 Å². The van der Waals surface area contributed by atoms with Crippen molar-refractivity contribution in [3.05, 3.63) is 104 Å². The Labute approximate surface area is 378 Å². The van der Waals surface area contributed by atoms with Crippen LogP contribution in [0, 0.1) is 23.7 Å². The lowest BCUT2D eigenvalue weighted by atomic mass is 9.95. The Morgan fingerprint density at radius 2 is 0.871 bits per heavy atom. The molecule has 0 amide bonds. The van der Waals surface area contributed by atoms with Gasteiger partial charge < -0.3 is 15.7 Å². The molecule has 4 atom stereocenters. The molecule has 2 aliphatic heterocycles. The highest BCUT2D eigenvalue weighted by atomic mass is 32.1. The lowest BCUT2D eigenvalue weighted by Gasteiger charge is -2.13. The lowest BCUT2D eigenvalue weighted by Crippen LogP contribution is -2.23. The van der Waals surface area contributed by atoms with E-state index in [2.05, 4.69) is 157 Å². The van der Waals surface area contributed by atoms with Crippen molar-refractivity contribution in [1.82, 2.24) is 25.4 Å². The highest BCUT2D eigenvalue weighted by Gasteiger charge is 2.20. The van der Waals surface area contributed by atoms with E-state index in [1.54, 1.807) is 0 Å². The van der Waals surface area contributed by atoms with Gasteiger partial charge in [-0.1, -0.05) is 62.6 Å². The Bertz CT molecular complexity index is 2220. The van der Waals surface area contributed by atoms with Crippen molar-refractivity contribution >= 4 is 69.9 Å². The number of fused-ring (bicyclic) bond motifs is 8. The topological polar surface area (TPSA) is 108 Å². The van der Waals surface area contributed by atoms with Crippen molar-refractivity contribution in [2.75, 3.05) is 0 Å². The molecule has 0 radical (unpaired) electrons. The number of hydrazone groups is 1. The van der Waals surface area contributed by atoms with Gasteiger partial charge in [0.1, 0.15) is 0 Å². The predicted molar refractivity (Wildman–Crippen MR) is 274 cm³/mol. The van der Waals surface area contributed by atoms with Crippen LogP contribution in [0.25, 0.3) is 46.4 Å². The van der Waals surface area contributed by atoms with Gasteiger partial charge in [0.15, 0.2) is 5.11 Å². The summed E-state index contributed by atoms with van der Waals surface area (Å²) in [6, 6.07) is 9.22. The molecule has 3 aromatic heterocycles. The first-order valence-corrected chi connectivity index (χ1v) is 23.7. The Kier molecular flexibility index (Phi) is 18.3. The van der Waals surface area contributed by atoms with E-state index in [4.69, 9.17) is 27.9 Å². The average molecular weight is 854 g/mol. The van der Waals surface area contributed by atoms with Gasteiger partial charge in [0, 0.05) is 45.0 Å². The minimum absolute atomic E-state index is 0.175. The van der Waals surface area contributed by atoms with Crippen LogP contribution in [0.3, 0.4) is 0 Å². The van der Waals surface area contributed by atoms with E-state index in [-0.39, 0.29) is 5.11 Å². The molecular weight excluding hydrogens is 779 g/mol. The minimum atomic E-state index is 0.175. The summed E-state index contributed by atoms with van der Waals surface area (Å²) in [5.41, 5.74) is 26.2. The van der Waals surface area contributed by atoms with Crippen LogP contribution >= 0.6 is 12.2 Å². The summed E-state index contributed by atoms with van der Waals surface area (Å²) < 4.78 is 0. The van der Waals surface area contributed by atoms with Gasteiger partial charge in [-0.3, -0.25) is 5.43 Å². The maximum absolute atomic E-state index is 5.58. The van der Waals surface area contributed by atoms with Gasteiger partial charge in [0.2, 0.25) is 0 Å². The van der Waals surface area contributed by atoms with E-state index >= 15 is 0 Å². The summed E-state index contributed by atoms with van der Waals surface area (Å²) in [5, 5.41) is 4.36. The molecule has 3 aromatic rings. The van der Waals surface area contributed by atoms with E-state index in [0.29, 0.717) is 23.7 Å². The van der Waals surface area contributed by atoms with E-state index in [1.165, 1.54) is 50.0 Å². The number of allylic oxidation sites excluding steroid dienone is 6. The first-order valence-electron chi connectivity index (χ1n) is 23.3. The van der Waals surface area contributed by atoms with Gasteiger partial charge in [-0.2, -0.15) is 5.10 Å². The SMILES string of the molecule is CC(C)=CCCC(C)Cc1c2nc(c(CC(C)CC/C=N/NC(N)=S)c3nc(c(CC(C)CCC=C(C)C)c4ccc([nH]4)c(CC(C)CCC=C(C)C)c4ccc1[nH]4)C=C3)C=C2. The molecule has 0 aliphatic carbocycles. The number of hydrogen-bond donors (Lipinski definition) is 4. The summed E-state index contributed by atoms with van der Waals surface area (Å²) >= 11 is 4.93. The Morgan fingerprint density at radius 1 is 0.548 bits per heavy atom. The van der Waals surface area contributed by atoms with Crippen LogP contribution in [0.4, 0.5) is 0 Å². The van der Waals surface area contributed by atoms with Gasteiger partial charge >= 0.3 is 0 Å². The number of nitrogens with two attached hydrogens (primary N) is 1. The predicted octanol–water partition coefficient (Wildman–Crippen LogP) is 14.2. The molecule has 8 heteroatoms. The zero-order chi connectivity index (χ0) is 44.8. The number of nitrogens with zero attached hydrogens (tertiary/aromatic N) is 3. The monoisotopic (exact) mass is 854 g/mol. The summed E-state index contributed by atoms with van der Waals surface area (Å²) in [6.07, 6.45) is 30.0. The number of thiocarbonyl (C=S) groups is 1. The van der Waals surface area contributed by atoms with Crippen molar-refractivity contribution in [2.45, 2.75) is 146 Å². The van der Waals surface area contributed by atoms with Crippen LogP contribution in [0.5, 0.6) is 0 Å². The molecule has 5 rings (SSSR count). The van der Waals surface area contributed by atoms with E-state index in [1.807, 2.05) is 6.21 Å². The number of rotatable bonds is 21. The smallest absolute Gasteiger partial charge is 0.184 e. The third kappa shape index (κ3) is 14.6. The number of hydrogen-bond acceptors (Lipinski definition) is 4. The van der Waals surface area contributed by atoms with E-state index in [0.717, 1.165) is 111 Å². The van der Waals surface area contributed by atoms with Crippen LogP contribution < -0.4 is 11.2 Å². The normalized spacial score (nSPS) is 14.1. The number of aromatic amines is 2. The van der Waals surface area contributed by atoms with Crippen molar-refractivity contribution < 1.29 is 0 Å². The fourth-order valence-electron chi connectivity index (χ4n) is 8.61. The zero-order valence-electron chi connectivity index (χ0n) is 39.6. The average Bonchev–Trinajstić information content (AvgIpc) is 4.04. The first-order chi connectivity index (χ1) is 29.7. The molecular formula is C54H75N7S. The van der Waals surface area contributed by atoms with Crippen LogP contribution in [0.2, 0.25) is 0 Å². The van der Waals surface area contributed by atoms with Crippen LogP contribution in [0.15, 0.2) is 64.3 Å². The molecule has 4 unspecified atom stereocenters. The molecule has 8 bridgehead atoms. The highest BCUT2D eigenvalue weighted by Crippen LogP contribution is 2.32. The Hall–Kier alpha value is -4.82. The highest BCUT2D eigenvalue weighted by molar-refractivity contribution is 7.80. The molecule has 0 aromatic carbocycles. The second-order valence-corrected chi connectivity index (χ2v) is 19.5. The molecule has 0 spiro atoms. The molecule has 0 fully saturated rings. The van der Waals surface area contributed by atoms with Crippen LogP contribution in [0.1, 0.15) is 166 Å². The number of nitrogens with one attached hydrogen (secondary N) is 3. The maximum atomic E-state index is 5.58. The van der Waals surface area contributed by atoms with Gasteiger partial charge in [0.05, 0.1) is 22.8 Å². The van der Waals surface area contributed by atoms with Gasteiger partial charge in [-0.05, 0) is 209 Å². The molecule has 2 aliphatic rings. The summed E-state index contributed by atoms with van der Waals surface area (Å²) in [6.45, 7) is 22.6. The molecule has 5 N–H and O–H groups in total. The quantitative estimate of drug-likeness (QED) is 0.0254. The van der Waals surface area contributed by atoms with Gasteiger partial charge in [0.25, 0.3) is 0 Å². The molecule has 0 saturated carbocycles. The molecule has 332 valence electrons. The third-order valence-corrected chi connectivity index (χ3v) is 12.2. The maximum Gasteiger partial charge on any atom is 0.184 e. The second kappa shape index (κ2) is 23.6. The van der Waals surface area contributed by atoms with Gasteiger partial charge in [-0.15, -0.1) is 0 Å². The Balaban J connectivity index is 1.75. The standard InChI is InChI=1S/C54H75N7S/c1-35(2)15-11-18-38(7)31-42-46-22-24-48(57-46)43(32-39(8)19-12-16-36(3)4)50-26-28-52(59-50)45(34-41(10)21-14-30-56-61-54(55)62)53-29-27-51(60-53)44(49-25-23-47(42)58-49)33-40(9)20-13-17-37(5)6/h15-17,22-30,38-41,57-58H,11-14,18-21,31-34H2,1-10H3,(H3,55,61,62)/b46-42?,47-42?,48-43?,49-44?,50-43?,51-44?,52-45?,53-45?,56-30+. The minimum Gasteiger partial charge on any atom is -0.375 e. The Morgan fingerprint density at radius 3 is 1.24 bits per heavy atom. The molecule has 7 nitrogen and oxygen atoms in total. The lowest BCUT2D eigenvalue weighted by molar-refractivity contribution is 0.535. The van der Waals surface area contributed by atoms with E-state index in [9.17, 15) is 0 Å². The zero-order valence-corrected chi connectivity index (χ0v) is 40.4. The fraction of sp³-hybridized carbons (Fsp3) is 0.481. The summed E-state index contributed by atoms with van der Waals surface area (Å²) in [7, 11) is 0. The number of aromatic nitrogens is 4. The molecule has 5 heterocycles. The summed E-state index contributed by atoms with van der Waals surface area (Å²) in [4.78, 5) is 19.0. The van der Waals surface area contributed by atoms with Gasteiger partial charge in [-0.25, -0.2) is 9.97 Å². The van der Waals surface area contributed by atoms with Crippen LogP contribution in [-0.4, -0.2) is 31.3 Å². The third-order valence-electron chi connectivity index (χ3n) is 12.1. The fourth-order valence-corrected chi connectivity index (χ4v) is 8.66. The van der Waals surface area contributed by atoms with E-state index < -0.39 is 0 Å². The first kappa shape index (κ1) is 48.2. The number of H-pyrrole nitrogens is 2. The van der Waals surface area contributed by atoms with Crippen molar-refractivity contribution in [1.29, 1.82) is 0 Å². The molecule has 62 heavy (non-hydrogen) atoms.